The number of anilines is 2. The Labute approximate surface area is 206 Å². The molecule has 1 unspecified atom stereocenters. The zero-order valence-corrected chi connectivity index (χ0v) is 19.6. The van der Waals surface area contributed by atoms with E-state index in [0.29, 0.717) is 33.2 Å². The third-order valence-electron chi connectivity index (χ3n) is 5.73. The standard InChI is InChI=1S/C24H21Cl2FN6O/c25-18-11-31-12-19(26)17(18)13-34-22-8-16(21(29)9-20(22)27)24(30)14-3-4-23(32-10-14)33-7-1-2-15(33)5-6-28/h3-4,8-12,15,30H,1-2,5,7,13,29H2. The van der Waals surface area contributed by atoms with Gasteiger partial charge >= 0.3 is 0 Å². The number of halogens is 3. The van der Waals surface area contributed by atoms with E-state index in [4.69, 9.17) is 44.3 Å². The van der Waals surface area contributed by atoms with Crippen LogP contribution in [0.3, 0.4) is 0 Å². The van der Waals surface area contributed by atoms with Crippen molar-refractivity contribution in [3.05, 3.63) is 75.4 Å². The van der Waals surface area contributed by atoms with E-state index in [1.54, 1.807) is 12.3 Å². The van der Waals surface area contributed by atoms with Crippen LogP contribution >= 0.6 is 23.2 Å². The second-order valence-corrected chi connectivity index (χ2v) is 8.69. The van der Waals surface area contributed by atoms with Crippen molar-refractivity contribution in [1.29, 1.82) is 10.7 Å². The van der Waals surface area contributed by atoms with Crippen molar-refractivity contribution in [3.8, 4) is 11.8 Å². The fourth-order valence-electron chi connectivity index (χ4n) is 3.94. The van der Waals surface area contributed by atoms with Crippen LogP contribution in [0.25, 0.3) is 0 Å². The number of hydrogen-bond acceptors (Lipinski definition) is 7. The van der Waals surface area contributed by atoms with Gasteiger partial charge in [0.1, 0.15) is 12.4 Å². The molecule has 0 saturated carbocycles. The number of pyridine rings is 2. The van der Waals surface area contributed by atoms with Gasteiger partial charge in [-0.25, -0.2) is 9.37 Å². The van der Waals surface area contributed by atoms with E-state index in [-0.39, 0.29) is 29.8 Å². The van der Waals surface area contributed by atoms with E-state index in [1.165, 1.54) is 18.5 Å². The second kappa shape index (κ2) is 10.2. The highest BCUT2D eigenvalue weighted by Crippen LogP contribution is 2.30. The molecule has 0 amide bonds. The van der Waals surface area contributed by atoms with Crippen LogP contribution < -0.4 is 15.4 Å². The Bertz CT molecular complexity index is 1240. The molecule has 1 fully saturated rings. The van der Waals surface area contributed by atoms with Crippen LogP contribution in [0.2, 0.25) is 10.0 Å². The molecule has 174 valence electrons. The van der Waals surface area contributed by atoms with Crippen molar-refractivity contribution in [1.82, 2.24) is 9.97 Å². The summed E-state index contributed by atoms with van der Waals surface area (Å²) in [7, 11) is 0. The highest BCUT2D eigenvalue weighted by atomic mass is 35.5. The van der Waals surface area contributed by atoms with Gasteiger partial charge < -0.3 is 15.4 Å². The molecule has 10 heteroatoms. The number of nitrogens with one attached hydrogen (secondary N) is 1. The first-order valence-electron chi connectivity index (χ1n) is 10.6. The zero-order chi connectivity index (χ0) is 24.2. The zero-order valence-electron chi connectivity index (χ0n) is 18.1. The Morgan fingerprint density at radius 3 is 2.71 bits per heavy atom. The first-order chi connectivity index (χ1) is 16.4. The number of benzene rings is 1. The number of ether oxygens (including phenoxy) is 1. The van der Waals surface area contributed by atoms with Crippen LogP contribution in [0.15, 0.2) is 42.9 Å². The van der Waals surface area contributed by atoms with Crippen molar-refractivity contribution < 1.29 is 9.13 Å². The fourth-order valence-corrected chi connectivity index (χ4v) is 4.41. The summed E-state index contributed by atoms with van der Waals surface area (Å²) in [6.45, 7) is 0.761. The van der Waals surface area contributed by atoms with Gasteiger partial charge in [-0.15, -0.1) is 0 Å². The first kappa shape index (κ1) is 23.7. The van der Waals surface area contributed by atoms with Gasteiger partial charge in [0.05, 0.1) is 28.2 Å². The van der Waals surface area contributed by atoms with Crippen LogP contribution in [0.5, 0.6) is 5.75 Å². The van der Waals surface area contributed by atoms with Crippen molar-refractivity contribution in [2.75, 3.05) is 17.2 Å². The molecule has 34 heavy (non-hydrogen) atoms. The summed E-state index contributed by atoms with van der Waals surface area (Å²) in [6.07, 6.45) is 6.85. The molecule has 7 nitrogen and oxygen atoms in total. The smallest absolute Gasteiger partial charge is 0.167 e. The van der Waals surface area contributed by atoms with Crippen molar-refractivity contribution in [2.45, 2.75) is 31.9 Å². The van der Waals surface area contributed by atoms with E-state index < -0.39 is 5.82 Å². The summed E-state index contributed by atoms with van der Waals surface area (Å²) in [5.41, 5.74) is 7.50. The molecule has 2 aromatic heterocycles. The SMILES string of the molecule is N#CCC1CCCN1c1ccc(C(=N)c2cc(OCc3c(Cl)cncc3Cl)c(F)cc2N)cn1. The average Bonchev–Trinajstić information content (AvgIpc) is 3.28. The van der Waals surface area contributed by atoms with Gasteiger partial charge in [-0.3, -0.25) is 10.4 Å². The van der Waals surface area contributed by atoms with Crippen molar-refractivity contribution in [3.63, 3.8) is 0 Å². The maximum atomic E-state index is 14.5. The summed E-state index contributed by atoms with van der Waals surface area (Å²) in [6, 6.07) is 8.47. The highest BCUT2D eigenvalue weighted by molar-refractivity contribution is 6.35. The lowest BCUT2D eigenvalue weighted by atomic mass is 10.0. The highest BCUT2D eigenvalue weighted by Gasteiger charge is 2.25. The van der Waals surface area contributed by atoms with Crippen molar-refractivity contribution >= 4 is 40.4 Å². The molecular weight excluding hydrogens is 478 g/mol. The van der Waals surface area contributed by atoms with E-state index in [2.05, 4.69) is 20.9 Å². The maximum absolute atomic E-state index is 14.5. The largest absolute Gasteiger partial charge is 0.486 e. The van der Waals surface area contributed by atoms with Gasteiger partial charge in [0.25, 0.3) is 0 Å². The Morgan fingerprint density at radius 2 is 2.03 bits per heavy atom. The quantitative estimate of drug-likeness (QED) is 0.333. The summed E-state index contributed by atoms with van der Waals surface area (Å²) in [5.74, 6) is 0.0109. The molecule has 1 aliphatic rings. The molecule has 1 saturated heterocycles. The summed E-state index contributed by atoms with van der Waals surface area (Å²) in [5, 5.41) is 18.3. The minimum atomic E-state index is -0.665. The molecule has 3 heterocycles. The van der Waals surface area contributed by atoms with Crippen LogP contribution in [0.1, 0.15) is 36.0 Å². The molecule has 0 spiro atoms. The molecule has 1 atom stereocenters. The minimum absolute atomic E-state index is 0.0796. The van der Waals surface area contributed by atoms with Gasteiger partial charge in [0, 0.05) is 59.6 Å². The third kappa shape index (κ3) is 4.91. The fraction of sp³-hybridized carbons (Fsp3) is 0.250. The molecular formula is C24H21Cl2FN6O. The number of nitriles is 1. The minimum Gasteiger partial charge on any atom is -0.486 e. The van der Waals surface area contributed by atoms with Crippen LogP contribution in [-0.2, 0) is 6.61 Å². The Morgan fingerprint density at radius 1 is 1.26 bits per heavy atom. The topological polar surface area (TPSA) is 112 Å². The van der Waals surface area contributed by atoms with E-state index in [1.807, 2.05) is 6.07 Å². The van der Waals surface area contributed by atoms with Crippen LogP contribution in [-0.4, -0.2) is 28.3 Å². The number of nitrogens with zero attached hydrogens (tertiary/aromatic N) is 4. The number of rotatable bonds is 7. The number of nitrogens with two attached hydrogens (primary N) is 1. The lowest BCUT2D eigenvalue weighted by molar-refractivity contribution is 0.290. The first-order valence-corrected chi connectivity index (χ1v) is 11.3. The van der Waals surface area contributed by atoms with Gasteiger partial charge in [-0.05, 0) is 31.0 Å². The summed E-state index contributed by atoms with van der Waals surface area (Å²) in [4.78, 5) is 10.5. The third-order valence-corrected chi connectivity index (χ3v) is 6.38. The van der Waals surface area contributed by atoms with Crippen LogP contribution in [0, 0.1) is 22.6 Å². The molecule has 0 radical (unpaired) electrons. The lowest BCUT2D eigenvalue weighted by Gasteiger charge is -2.24. The second-order valence-electron chi connectivity index (χ2n) is 7.87. The Balaban J connectivity index is 1.54. The summed E-state index contributed by atoms with van der Waals surface area (Å²) < 4.78 is 20.1. The molecule has 4 rings (SSSR count). The predicted octanol–water partition coefficient (Wildman–Crippen LogP) is 5.38. The maximum Gasteiger partial charge on any atom is 0.167 e. The van der Waals surface area contributed by atoms with E-state index in [0.717, 1.165) is 31.3 Å². The van der Waals surface area contributed by atoms with Gasteiger partial charge in [-0.1, -0.05) is 23.2 Å². The number of aromatic nitrogens is 2. The molecule has 0 aliphatic carbocycles. The monoisotopic (exact) mass is 498 g/mol. The van der Waals surface area contributed by atoms with Crippen molar-refractivity contribution in [2.24, 2.45) is 0 Å². The Hall–Kier alpha value is -3.41. The summed E-state index contributed by atoms with van der Waals surface area (Å²) >= 11 is 12.2. The molecule has 3 N–H and O–H groups in total. The van der Waals surface area contributed by atoms with Crippen LogP contribution in [0.4, 0.5) is 15.9 Å². The molecule has 0 bridgehead atoms. The van der Waals surface area contributed by atoms with Gasteiger partial charge in [0.2, 0.25) is 0 Å². The Kier molecular flexibility index (Phi) is 7.15. The van der Waals surface area contributed by atoms with Gasteiger partial charge in [0.15, 0.2) is 11.6 Å². The molecule has 3 aromatic rings. The predicted molar refractivity (Wildman–Crippen MR) is 130 cm³/mol. The molecule has 1 aliphatic heterocycles. The lowest BCUT2D eigenvalue weighted by Crippen LogP contribution is -2.29. The van der Waals surface area contributed by atoms with E-state index >= 15 is 0 Å². The average molecular weight is 499 g/mol. The molecule has 1 aromatic carbocycles. The number of nitrogen functional groups attached to an aromatic ring is 1. The van der Waals surface area contributed by atoms with E-state index in [9.17, 15) is 4.39 Å². The normalized spacial score (nSPS) is 15.2. The van der Waals surface area contributed by atoms with Gasteiger partial charge in [-0.2, -0.15) is 5.26 Å². The number of hydrogen-bond donors (Lipinski definition) is 2.